The van der Waals surface area contributed by atoms with E-state index >= 15 is 0 Å². The quantitative estimate of drug-likeness (QED) is 0.817. The Kier molecular flexibility index (Phi) is 5.01. The second-order valence-corrected chi connectivity index (χ2v) is 5.38. The fraction of sp³-hybridized carbons (Fsp3) is 0.600. The summed E-state index contributed by atoms with van der Waals surface area (Å²) in [4.78, 5) is 18.2. The summed E-state index contributed by atoms with van der Waals surface area (Å²) in [6.07, 6.45) is 3.08. The van der Waals surface area contributed by atoms with E-state index < -0.39 is 5.97 Å². The van der Waals surface area contributed by atoms with Gasteiger partial charge in [-0.05, 0) is 38.7 Å². The van der Waals surface area contributed by atoms with Gasteiger partial charge >= 0.3 is 5.97 Å². The van der Waals surface area contributed by atoms with E-state index in [0.717, 1.165) is 25.9 Å². The van der Waals surface area contributed by atoms with Gasteiger partial charge in [-0.2, -0.15) is 0 Å². The lowest BCUT2D eigenvalue weighted by atomic mass is 9.92. The molecule has 0 radical (unpaired) electrons. The van der Waals surface area contributed by atoms with Gasteiger partial charge in [0.1, 0.15) is 0 Å². The number of rotatable bonds is 4. The maximum Gasteiger partial charge on any atom is 0.340 e. The highest BCUT2D eigenvalue weighted by Gasteiger charge is 2.25. The van der Waals surface area contributed by atoms with Gasteiger partial charge in [0.25, 0.3) is 0 Å². The summed E-state index contributed by atoms with van der Waals surface area (Å²) >= 11 is 0. The fourth-order valence-electron chi connectivity index (χ4n) is 2.69. The lowest BCUT2D eigenvalue weighted by molar-refractivity contribution is 0.0527. The first-order valence-electron chi connectivity index (χ1n) is 7.39. The molecule has 116 valence electrons. The number of anilines is 2. The molecule has 1 aliphatic heterocycles. The molecule has 0 spiro atoms. The van der Waals surface area contributed by atoms with Gasteiger partial charge in [0.2, 0.25) is 0 Å². The van der Waals surface area contributed by atoms with Crippen molar-refractivity contribution >= 4 is 17.5 Å². The van der Waals surface area contributed by atoms with E-state index in [1.807, 2.05) is 6.92 Å². The molecule has 1 aromatic heterocycles. The molecule has 6 nitrogen and oxygen atoms in total. The molecule has 1 aliphatic rings. The van der Waals surface area contributed by atoms with Gasteiger partial charge in [0, 0.05) is 19.3 Å². The van der Waals surface area contributed by atoms with Crippen molar-refractivity contribution in [3.05, 3.63) is 17.8 Å². The van der Waals surface area contributed by atoms with Gasteiger partial charge in [-0.15, -0.1) is 0 Å². The lowest BCUT2D eigenvalue weighted by Crippen LogP contribution is -2.38. The van der Waals surface area contributed by atoms with Crippen LogP contribution in [0.1, 0.15) is 37.0 Å². The van der Waals surface area contributed by atoms with E-state index in [2.05, 4.69) is 9.88 Å². The molecule has 0 aliphatic carbocycles. The molecule has 1 atom stereocenters. The molecule has 2 rings (SSSR count). The minimum absolute atomic E-state index is 0.289. The van der Waals surface area contributed by atoms with Gasteiger partial charge < -0.3 is 20.5 Å². The lowest BCUT2D eigenvalue weighted by Gasteiger charge is -2.34. The summed E-state index contributed by atoms with van der Waals surface area (Å²) in [5.74, 6) is 0.526. The Morgan fingerprint density at radius 2 is 2.24 bits per heavy atom. The average Bonchev–Trinajstić information content (AvgIpc) is 2.48. The predicted molar refractivity (Wildman–Crippen MR) is 81.2 cm³/mol. The molecular formula is C15H23N3O3. The Morgan fingerprint density at radius 1 is 1.57 bits per heavy atom. The fourth-order valence-corrected chi connectivity index (χ4v) is 2.69. The maximum atomic E-state index is 11.9. The smallest absolute Gasteiger partial charge is 0.340 e. The number of piperidine rings is 1. The van der Waals surface area contributed by atoms with Crippen LogP contribution in [0.5, 0.6) is 0 Å². The number of aliphatic hydroxyl groups is 1. The van der Waals surface area contributed by atoms with Crippen LogP contribution in [0.4, 0.5) is 11.5 Å². The first-order chi connectivity index (χ1) is 10.0. The second kappa shape index (κ2) is 6.76. The monoisotopic (exact) mass is 293 g/mol. The Morgan fingerprint density at radius 3 is 2.81 bits per heavy atom. The van der Waals surface area contributed by atoms with Crippen LogP contribution in [0, 0.1) is 5.92 Å². The zero-order chi connectivity index (χ0) is 15.4. The number of ether oxygens (including phenoxy) is 1. The van der Waals surface area contributed by atoms with Crippen LogP contribution in [0.2, 0.25) is 0 Å². The van der Waals surface area contributed by atoms with Crippen LogP contribution in [0.3, 0.4) is 0 Å². The van der Waals surface area contributed by atoms with Crippen molar-refractivity contribution in [2.75, 3.05) is 30.3 Å². The number of nitrogens with two attached hydrogens (primary N) is 1. The Bertz CT molecular complexity index is 497. The Labute approximate surface area is 124 Å². The standard InChI is InChI=1S/C15H23N3O3/c1-3-21-15(20)12-4-7-17-14(13(12)16)18-8-5-11(6-9-18)10(2)19/h4,7,10-11,19H,3,5-6,8-9,16H2,1-2H3. The van der Waals surface area contributed by atoms with Crippen LogP contribution in [-0.2, 0) is 4.74 Å². The minimum Gasteiger partial charge on any atom is -0.462 e. The van der Waals surface area contributed by atoms with E-state index in [1.54, 1.807) is 19.2 Å². The van der Waals surface area contributed by atoms with Gasteiger partial charge in [-0.1, -0.05) is 0 Å². The van der Waals surface area contributed by atoms with Gasteiger partial charge in [0.15, 0.2) is 5.82 Å². The molecule has 6 heteroatoms. The van der Waals surface area contributed by atoms with E-state index in [-0.39, 0.29) is 6.10 Å². The van der Waals surface area contributed by atoms with E-state index in [0.29, 0.717) is 29.6 Å². The molecule has 0 bridgehead atoms. The van der Waals surface area contributed by atoms with Crippen molar-refractivity contribution in [2.45, 2.75) is 32.8 Å². The van der Waals surface area contributed by atoms with Crippen molar-refractivity contribution in [3.8, 4) is 0 Å². The van der Waals surface area contributed by atoms with Crippen LogP contribution >= 0.6 is 0 Å². The van der Waals surface area contributed by atoms with Gasteiger partial charge in [-0.3, -0.25) is 0 Å². The molecule has 1 saturated heterocycles. The molecule has 1 unspecified atom stereocenters. The number of hydrogen-bond donors (Lipinski definition) is 2. The first kappa shape index (κ1) is 15.6. The summed E-state index contributed by atoms with van der Waals surface area (Å²) in [6, 6.07) is 1.58. The van der Waals surface area contributed by atoms with Gasteiger partial charge in [0.05, 0.1) is 24.0 Å². The largest absolute Gasteiger partial charge is 0.462 e. The highest BCUT2D eigenvalue weighted by molar-refractivity contribution is 5.97. The third-order valence-electron chi connectivity index (χ3n) is 3.99. The van der Waals surface area contributed by atoms with Crippen LogP contribution in [-0.4, -0.2) is 41.9 Å². The number of nitrogens with zero attached hydrogens (tertiary/aromatic N) is 2. The zero-order valence-corrected chi connectivity index (χ0v) is 12.6. The molecule has 0 amide bonds. The molecule has 0 aromatic carbocycles. The summed E-state index contributed by atoms with van der Waals surface area (Å²) < 4.78 is 5.00. The average molecular weight is 293 g/mol. The summed E-state index contributed by atoms with van der Waals surface area (Å²) in [5.41, 5.74) is 6.81. The summed E-state index contributed by atoms with van der Waals surface area (Å²) in [7, 11) is 0. The molecule has 21 heavy (non-hydrogen) atoms. The topological polar surface area (TPSA) is 88.7 Å². The van der Waals surface area contributed by atoms with Crippen molar-refractivity contribution in [2.24, 2.45) is 5.92 Å². The molecule has 3 N–H and O–H groups in total. The number of carbonyl (C=O) groups is 1. The zero-order valence-electron chi connectivity index (χ0n) is 12.6. The summed E-state index contributed by atoms with van der Waals surface area (Å²) in [6.45, 7) is 5.46. The second-order valence-electron chi connectivity index (χ2n) is 5.38. The molecular weight excluding hydrogens is 270 g/mol. The Hall–Kier alpha value is -1.82. The maximum absolute atomic E-state index is 11.9. The molecule has 0 saturated carbocycles. The molecule has 1 fully saturated rings. The number of pyridine rings is 1. The molecule has 2 heterocycles. The van der Waals surface area contributed by atoms with Crippen molar-refractivity contribution < 1.29 is 14.6 Å². The number of carbonyl (C=O) groups excluding carboxylic acids is 1. The van der Waals surface area contributed by atoms with Crippen molar-refractivity contribution in [1.29, 1.82) is 0 Å². The van der Waals surface area contributed by atoms with Crippen molar-refractivity contribution in [3.63, 3.8) is 0 Å². The van der Waals surface area contributed by atoms with Crippen LogP contribution in [0.25, 0.3) is 0 Å². The SMILES string of the molecule is CCOC(=O)c1ccnc(N2CCC(C(C)O)CC2)c1N. The van der Waals surface area contributed by atoms with Crippen molar-refractivity contribution in [1.82, 2.24) is 4.98 Å². The van der Waals surface area contributed by atoms with Crippen LogP contribution < -0.4 is 10.6 Å². The van der Waals surface area contributed by atoms with E-state index in [4.69, 9.17) is 10.5 Å². The normalized spacial score (nSPS) is 17.6. The number of nitrogen functional groups attached to an aromatic ring is 1. The number of aliphatic hydroxyl groups excluding tert-OH is 1. The van der Waals surface area contributed by atoms with E-state index in [1.165, 1.54) is 0 Å². The molecule has 1 aromatic rings. The summed E-state index contributed by atoms with van der Waals surface area (Å²) in [5, 5.41) is 9.64. The first-order valence-corrected chi connectivity index (χ1v) is 7.39. The number of hydrogen-bond acceptors (Lipinski definition) is 6. The van der Waals surface area contributed by atoms with E-state index in [9.17, 15) is 9.90 Å². The number of aromatic nitrogens is 1. The highest BCUT2D eigenvalue weighted by atomic mass is 16.5. The van der Waals surface area contributed by atoms with Crippen LogP contribution in [0.15, 0.2) is 12.3 Å². The Balaban J connectivity index is 2.14. The number of esters is 1. The highest BCUT2D eigenvalue weighted by Crippen LogP contribution is 2.29. The third-order valence-corrected chi connectivity index (χ3v) is 3.99. The van der Waals surface area contributed by atoms with Gasteiger partial charge in [-0.25, -0.2) is 9.78 Å². The minimum atomic E-state index is -0.419. The predicted octanol–water partition coefficient (Wildman–Crippen LogP) is 1.44. The third kappa shape index (κ3) is 3.44.